The lowest BCUT2D eigenvalue weighted by Gasteiger charge is -2.47. The molecule has 1 aromatic heterocycles. The largest absolute Gasteiger partial charge is 0.371 e. The Kier molecular flexibility index (Phi) is 4.76. The van der Waals surface area contributed by atoms with E-state index in [-0.39, 0.29) is 16.8 Å². The van der Waals surface area contributed by atoms with E-state index in [9.17, 15) is 4.79 Å². The third-order valence-corrected chi connectivity index (χ3v) is 6.67. The van der Waals surface area contributed by atoms with E-state index in [1.165, 1.54) is 0 Å². The molecule has 0 aliphatic carbocycles. The number of aryl methyl sites for hydroxylation is 2. The zero-order chi connectivity index (χ0) is 18.1. The normalized spacial score (nSPS) is 21.0. The van der Waals surface area contributed by atoms with Gasteiger partial charge in [-0.05, 0) is 44.5 Å². The molecule has 4 nitrogen and oxygen atoms in total. The molecule has 5 heteroatoms. The summed E-state index contributed by atoms with van der Waals surface area (Å²) in [5.41, 5.74) is 3.93. The van der Waals surface area contributed by atoms with Crippen molar-refractivity contribution in [1.82, 2.24) is 9.88 Å². The summed E-state index contributed by atoms with van der Waals surface area (Å²) < 4.78 is 6.27. The predicted molar refractivity (Wildman–Crippen MR) is 104 cm³/mol. The summed E-state index contributed by atoms with van der Waals surface area (Å²) in [6.45, 7) is 6.24. The molecule has 4 rings (SSSR count). The maximum atomic E-state index is 12.6. The Morgan fingerprint density at radius 1 is 1.27 bits per heavy atom. The van der Waals surface area contributed by atoms with Crippen molar-refractivity contribution in [1.29, 1.82) is 0 Å². The zero-order valence-corrected chi connectivity index (χ0v) is 16.1. The fourth-order valence-electron chi connectivity index (χ4n) is 3.77. The lowest BCUT2D eigenvalue weighted by molar-refractivity contribution is 0.0245. The fraction of sp³-hybridized carbons (Fsp3) is 0.429. The van der Waals surface area contributed by atoms with Crippen molar-refractivity contribution in [3.8, 4) is 0 Å². The molecular formula is C21H24N2O2S. The average molecular weight is 369 g/mol. The quantitative estimate of drug-likeness (QED) is 0.827. The number of carbonyl (C=O) groups is 1. The second-order valence-corrected chi connectivity index (χ2v) is 8.92. The molecule has 26 heavy (non-hydrogen) atoms. The minimum atomic E-state index is 0.147. The molecule has 3 heterocycles. The van der Waals surface area contributed by atoms with Crippen LogP contribution in [0.15, 0.2) is 42.5 Å². The van der Waals surface area contributed by atoms with Crippen LogP contribution < -0.4 is 0 Å². The smallest absolute Gasteiger partial charge is 0.253 e. The third-order valence-electron chi connectivity index (χ3n) is 5.10. The Labute approximate surface area is 159 Å². The Bertz CT molecular complexity index is 817. The van der Waals surface area contributed by atoms with Crippen LogP contribution in [-0.2, 0) is 11.3 Å². The third kappa shape index (κ3) is 3.64. The molecule has 1 atom stereocenters. The lowest BCUT2D eigenvalue weighted by Crippen LogP contribution is -2.60. The highest BCUT2D eigenvalue weighted by atomic mass is 32.2. The number of aromatic nitrogens is 1. The van der Waals surface area contributed by atoms with Crippen LogP contribution >= 0.6 is 11.8 Å². The Hall–Kier alpha value is -1.85. The number of hydrogen-bond acceptors (Lipinski definition) is 4. The van der Waals surface area contributed by atoms with Gasteiger partial charge < -0.3 is 9.64 Å². The summed E-state index contributed by atoms with van der Waals surface area (Å²) in [5.74, 6) is 1.14. The van der Waals surface area contributed by atoms with Gasteiger partial charge in [-0.1, -0.05) is 23.8 Å². The van der Waals surface area contributed by atoms with E-state index in [0.717, 1.165) is 47.8 Å². The van der Waals surface area contributed by atoms with Crippen molar-refractivity contribution < 1.29 is 9.53 Å². The number of benzene rings is 1. The first kappa shape index (κ1) is 17.6. The van der Waals surface area contributed by atoms with Gasteiger partial charge in [-0.3, -0.25) is 9.78 Å². The summed E-state index contributed by atoms with van der Waals surface area (Å²) in [6.07, 6.45) is 1.26. The summed E-state index contributed by atoms with van der Waals surface area (Å²) in [5, 5.41) is 0. The van der Waals surface area contributed by atoms with Gasteiger partial charge in [0.15, 0.2) is 0 Å². The van der Waals surface area contributed by atoms with Crippen molar-refractivity contribution in [2.24, 2.45) is 0 Å². The zero-order valence-electron chi connectivity index (χ0n) is 15.3. The van der Waals surface area contributed by atoms with Crippen molar-refractivity contribution in [2.75, 3.05) is 18.8 Å². The second-order valence-electron chi connectivity index (χ2n) is 7.43. The summed E-state index contributed by atoms with van der Waals surface area (Å²) in [7, 11) is 0. The maximum absolute atomic E-state index is 12.6. The van der Waals surface area contributed by atoms with E-state index < -0.39 is 0 Å². The molecular weight excluding hydrogens is 344 g/mol. The van der Waals surface area contributed by atoms with E-state index in [2.05, 4.69) is 4.98 Å². The van der Waals surface area contributed by atoms with Crippen LogP contribution in [0.2, 0.25) is 0 Å². The van der Waals surface area contributed by atoms with Crippen LogP contribution in [0.1, 0.15) is 33.7 Å². The van der Waals surface area contributed by atoms with E-state index >= 15 is 0 Å². The molecule has 136 valence electrons. The predicted octanol–water partition coefficient (Wildman–Crippen LogP) is 3.62. The maximum Gasteiger partial charge on any atom is 0.253 e. The molecule has 2 fully saturated rings. The van der Waals surface area contributed by atoms with Crippen LogP contribution in [0.3, 0.4) is 0 Å². The van der Waals surface area contributed by atoms with Gasteiger partial charge >= 0.3 is 0 Å². The Balaban J connectivity index is 1.29. The highest BCUT2D eigenvalue weighted by Crippen LogP contribution is 2.46. The molecule has 0 unspecified atom stereocenters. The molecule has 1 spiro atoms. The van der Waals surface area contributed by atoms with Crippen molar-refractivity contribution in [2.45, 2.75) is 37.7 Å². The average Bonchev–Trinajstić information content (AvgIpc) is 3.03. The van der Waals surface area contributed by atoms with Gasteiger partial charge in [0.1, 0.15) is 0 Å². The van der Waals surface area contributed by atoms with Crippen molar-refractivity contribution >= 4 is 17.7 Å². The van der Waals surface area contributed by atoms with Gasteiger partial charge in [0.05, 0.1) is 23.2 Å². The van der Waals surface area contributed by atoms with E-state index in [4.69, 9.17) is 4.74 Å². The fourth-order valence-corrected chi connectivity index (χ4v) is 5.32. The van der Waals surface area contributed by atoms with Gasteiger partial charge in [0.25, 0.3) is 5.91 Å². The van der Waals surface area contributed by atoms with Crippen molar-refractivity contribution in [3.05, 3.63) is 65.0 Å². The van der Waals surface area contributed by atoms with Gasteiger partial charge in [0.2, 0.25) is 0 Å². The molecule has 2 aliphatic rings. The molecule has 1 amide bonds. The number of rotatable bonds is 4. The first-order chi connectivity index (χ1) is 12.5. The van der Waals surface area contributed by atoms with Crippen LogP contribution in [0, 0.1) is 13.8 Å². The van der Waals surface area contributed by atoms with Gasteiger partial charge in [-0.2, -0.15) is 0 Å². The molecule has 0 bridgehead atoms. The number of ether oxygens (including phenoxy) is 1. The molecule has 2 saturated heterocycles. The topological polar surface area (TPSA) is 42.4 Å². The minimum absolute atomic E-state index is 0.147. The Morgan fingerprint density at radius 2 is 2.08 bits per heavy atom. The SMILES string of the molecule is Cc1cccc(C(=O)N2CC3(C[C@@H](OCc4cccc(C)n4)CS3)C2)c1. The van der Waals surface area contributed by atoms with Crippen molar-refractivity contribution in [3.63, 3.8) is 0 Å². The van der Waals surface area contributed by atoms with Crippen LogP contribution in [0.4, 0.5) is 0 Å². The summed E-state index contributed by atoms with van der Waals surface area (Å²) in [4.78, 5) is 19.1. The standard InChI is InChI=1S/C21H24N2O2S/c1-15-5-3-7-17(9-15)20(24)23-13-21(14-23)10-19(12-26-21)25-11-18-8-4-6-16(2)22-18/h3-9,19H,10-14H2,1-2H3/t19-/m1/s1. The van der Waals surface area contributed by atoms with E-state index in [0.29, 0.717) is 6.61 Å². The molecule has 0 saturated carbocycles. The number of likely N-dealkylation sites (tertiary alicyclic amines) is 1. The molecule has 1 aromatic carbocycles. The van der Waals surface area contributed by atoms with E-state index in [1.807, 2.05) is 73.0 Å². The van der Waals surface area contributed by atoms with Crippen LogP contribution in [-0.4, -0.2) is 45.5 Å². The molecule has 0 radical (unpaired) electrons. The summed E-state index contributed by atoms with van der Waals surface area (Å²) in [6, 6.07) is 13.9. The van der Waals surface area contributed by atoms with Crippen LogP contribution in [0.25, 0.3) is 0 Å². The number of carbonyl (C=O) groups excluding carboxylic acids is 1. The first-order valence-electron chi connectivity index (χ1n) is 9.07. The first-order valence-corrected chi connectivity index (χ1v) is 10.1. The molecule has 2 aliphatic heterocycles. The highest BCUT2D eigenvalue weighted by Gasteiger charge is 2.51. The summed E-state index contributed by atoms with van der Waals surface area (Å²) >= 11 is 1.96. The minimum Gasteiger partial charge on any atom is -0.371 e. The van der Waals surface area contributed by atoms with Gasteiger partial charge in [-0.15, -0.1) is 11.8 Å². The van der Waals surface area contributed by atoms with Gasteiger partial charge in [-0.25, -0.2) is 0 Å². The number of amides is 1. The number of hydrogen-bond donors (Lipinski definition) is 0. The van der Waals surface area contributed by atoms with Gasteiger partial charge in [0, 0.05) is 30.1 Å². The number of pyridine rings is 1. The number of thioether (sulfide) groups is 1. The van der Waals surface area contributed by atoms with E-state index in [1.54, 1.807) is 0 Å². The molecule has 0 N–H and O–H groups in total. The molecule has 2 aromatic rings. The number of nitrogens with zero attached hydrogens (tertiary/aromatic N) is 2. The highest BCUT2D eigenvalue weighted by molar-refractivity contribution is 8.01. The lowest BCUT2D eigenvalue weighted by atomic mass is 9.92. The Morgan fingerprint density at radius 3 is 2.85 bits per heavy atom. The monoisotopic (exact) mass is 368 g/mol. The second kappa shape index (κ2) is 7.05. The van der Waals surface area contributed by atoms with Crippen LogP contribution in [0.5, 0.6) is 0 Å².